The van der Waals surface area contributed by atoms with Crippen LogP contribution in [-0.2, 0) is 6.42 Å². The Labute approximate surface area is 112 Å². The predicted octanol–water partition coefficient (Wildman–Crippen LogP) is 4.24. The molecule has 94 valence electrons. The van der Waals surface area contributed by atoms with Crippen molar-refractivity contribution in [3.63, 3.8) is 0 Å². The van der Waals surface area contributed by atoms with Crippen LogP contribution in [0.15, 0.2) is 34.9 Å². The molecule has 1 atom stereocenters. The Morgan fingerprint density at radius 3 is 2.94 bits per heavy atom. The molecule has 2 heterocycles. The molecule has 0 amide bonds. The molecule has 0 saturated carbocycles. The van der Waals surface area contributed by atoms with E-state index in [1.165, 1.54) is 5.56 Å². The maximum atomic E-state index is 6.52. The van der Waals surface area contributed by atoms with E-state index >= 15 is 0 Å². The topological polar surface area (TPSA) is 22.4 Å². The van der Waals surface area contributed by atoms with E-state index in [0.717, 1.165) is 42.1 Å². The van der Waals surface area contributed by atoms with Crippen molar-refractivity contribution in [2.45, 2.75) is 25.1 Å². The van der Waals surface area contributed by atoms with Gasteiger partial charge in [-0.15, -0.1) is 11.6 Å². The summed E-state index contributed by atoms with van der Waals surface area (Å²) < 4.78 is 10.9. The summed E-state index contributed by atoms with van der Waals surface area (Å²) in [6.07, 6.45) is 3.83. The Hall–Kier alpha value is -1.41. The number of aryl methyl sites for hydroxylation is 2. The van der Waals surface area contributed by atoms with Crippen molar-refractivity contribution in [1.29, 1.82) is 0 Å². The van der Waals surface area contributed by atoms with Crippen LogP contribution in [0.4, 0.5) is 0 Å². The summed E-state index contributed by atoms with van der Waals surface area (Å²) in [5.74, 6) is 1.88. The van der Waals surface area contributed by atoms with Crippen LogP contribution in [0.25, 0.3) is 0 Å². The highest BCUT2D eigenvalue weighted by Crippen LogP contribution is 2.35. The molecule has 0 bridgehead atoms. The first-order valence-corrected chi connectivity index (χ1v) is 6.63. The fourth-order valence-electron chi connectivity index (χ4n) is 2.38. The van der Waals surface area contributed by atoms with E-state index in [-0.39, 0.29) is 5.38 Å². The summed E-state index contributed by atoms with van der Waals surface area (Å²) in [4.78, 5) is 0. The minimum absolute atomic E-state index is 0.157. The standard InChI is InChI=1S/C15H15ClO2/c1-10-13(6-8-17-10)15(16)12-4-5-14-11(9-12)3-2-7-18-14/h4-6,8-9,15H,2-3,7H2,1H3. The third kappa shape index (κ3) is 2.01. The highest BCUT2D eigenvalue weighted by molar-refractivity contribution is 6.22. The molecule has 3 rings (SSSR count). The lowest BCUT2D eigenvalue weighted by atomic mass is 9.99. The molecule has 2 nitrogen and oxygen atoms in total. The van der Waals surface area contributed by atoms with Gasteiger partial charge in [-0.25, -0.2) is 0 Å². The van der Waals surface area contributed by atoms with Gasteiger partial charge in [-0.1, -0.05) is 12.1 Å². The smallest absolute Gasteiger partial charge is 0.122 e. The van der Waals surface area contributed by atoms with Gasteiger partial charge in [-0.2, -0.15) is 0 Å². The van der Waals surface area contributed by atoms with Gasteiger partial charge in [0.1, 0.15) is 11.5 Å². The minimum Gasteiger partial charge on any atom is -0.493 e. The molecule has 0 fully saturated rings. The van der Waals surface area contributed by atoms with Gasteiger partial charge in [0.2, 0.25) is 0 Å². The minimum atomic E-state index is -0.157. The van der Waals surface area contributed by atoms with Crippen LogP contribution in [0.3, 0.4) is 0 Å². The molecular formula is C15H15ClO2. The number of rotatable bonds is 2. The summed E-state index contributed by atoms with van der Waals surface area (Å²) in [6.45, 7) is 2.75. The van der Waals surface area contributed by atoms with Crippen LogP contribution in [0.5, 0.6) is 5.75 Å². The van der Waals surface area contributed by atoms with Crippen molar-refractivity contribution in [3.05, 3.63) is 53.0 Å². The highest BCUT2D eigenvalue weighted by atomic mass is 35.5. The summed E-state index contributed by atoms with van der Waals surface area (Å²) in [6, 6.07) is 8.14. The van der Waals surface area contributed by atoms with Crippen LogP contribution in [0.1, 0.15) is 34.2 Å². The molecule has 0 radical (unpaired) electrons. The van der Waals surface area contributed by atoms with Crippen LogP contribution < -0.4 is 4.74 Å². The lowest BCUT2D eigenvalue weighted by Gasteiger charge is -2.19. The number of fused-ring (bicyclic) bond motifs is 1. The van der Waals surface area contributed by atoms with Gasteiger partial charge >= 0.3 is 0 Å². The second-order valence-corrected chi connectivity index (χ2v) is 5.05. The van der Waals surface area contributed by atoms with Crippen LogP contribution in [0, 0.1) is 6.92 Å². The first-order chi connectivity index (χ1) is 8.75. The molecule has 1 aliphatic rings. The average Bonchev–Trinajstić information content (AvgIpc) is 2.83. The number of halogens is 1. The first-order valence-electron chi connectivity index (χ1n) is 6.19. The Morgan fingerprint density at radius 2 is 2.17 bits per heavy atom. The molecule has 0 aliphatic carbocycles. The summed E-state index contributed by atoms with van der Waals surface area (Å²) in [7, 11) is 0. The molecule has 1 aliphatic heterocycles. The van der Waals surface area contributed by atoms with Gasteiger partial charge < -0.3 is 9.15 Å². The van der Waals surface area contributed by atoms with Crippen molar-refractivity contribution < 1.29 is 9.15 Å². The quantitative estimate of drug-likeness (QED) is 0.756. The predicted molar refractivity (Wildman–Crippen MR) is 71.4 cm³/mol. The van der Waals surface area contributed by atoms with E-state index in [9.17, 15) is 0 Å². The first kappa shape index (κ1) is 11.7. The van der Waals surface area contributed by atoms with Crippen molar-refractivity contribution in [1.82, 2.24) is 0 Å². The third-order valence-electron chi connectivity index (χ3n) is 3.40. The zero-order valence-electron chi connectivity index (χ0n) is 10.3. The number of hydrogen-bond donors (Lipinski definition) is 0. The monoisotopic (exact) mass is 262 g/mol. The molecule has 18 heavy (non-hydrogen) atoms. The molecule has 1 unspecified atom stereocenters. The van der Waals surface area contributed by atoms with Gasteiger partial charge in [0.15, 0.2) is 0 Å². The van der Waals surface area contributed by atoms with Crippen LogP contribution in [-0.4, -0.2) is 6.61 Å². The molecule has 0 saturated heterocycles. The number of benzene rings is 1. The summed E-state index contributed by atoms with van der Waals surface area (Å²) >= 11 is 6.52. The Bertz CT molecular complexity index is 559. The van der Waals surface area contributed by atoms with E-state index in [4.69, 9.17) is 20.8 Å². The lowest BCUT2D eigenvalue weighted by Crippen LogP contribution is -2.09. The normalized spacial score (nSPS) is 15.9. The molecule has 0 spiro atoms. The number of ether oxygens (including phenoxy) is 1. The van der Waals surface area contributed by atoms with Gasteiger partial charge in [0.25, 0.3) is 0 Å². The van der Waals surface area contributed by atoms with Crippen LogP contribution in [0.2, 0.25) is 0 Å². The fourth-order valence-corrected chi connectivity index (χ4v) is 2.74. The van der Waals surface area contributed by atoms with Gasteiger partial charge in [0, 0.05) is 5.56 Å². The second kappa shape index (κ2) is 4.69. The maximum Gasteiger partial charge on any atom is 0.122 e. The fraction of sp³-hybridized carbons (Fsp3) is 0.333. The average molecular weight is 263 g/mol. The van der Waals surface area contributed by atoms with E-state index in [1.807, 2.05) is 25.1 Å². The number of furan rings is 1. The summed E-state index contributed by atoms with van der Waals surface area (Å²) in [5.41, 5.74) is 3.39. The largest absolute Gasteiger partial charge is 0.493 e. The Morgan fingerprint density at radius 1 is 1.28 bits per heavy atom. The van der Waals surface area contributed by atoms with E-state index < -0.39 is 0 Å². The van der Waals surface area contributed by atoms with Crippen LogP contribution >= 0.6 is 11.6 Å². The lowest BCUT2D eigenvalue weighted by molar-refractivity contribution is 0.288. The highest BCUT2D eigenvalue weighted by Gasteiger charge is 2.18. The second-order valence-electron chi connectivity index (χ2n) is 4.61. The molecule has 3 heteroatoms. The van der Waals surface area contributed by atoms with E-state index in [2.05, 4.69) is 6.07 Å². The van der Waals surface area contributed by atoms with Crippen molar-refractivity contribution in [3.8, 4) is 5.75 Å². The zero-order valence-corrected chi connectivity index (χ0v) is 11.0. The molecule has 1 aromatic carbocycles. The van der Waals surface area contributed by atoms with Crippen molar-refractivity contribution in [2.75, 3.05) is 6.61 Å². The van der Waals surface area contributed by atoms with E-state index in [1.54, 1.807) is 6.26 Å². The number of hydrogen-bond acceptors (Lipinski definition) is 2. The number of alkyl halides is 1. The van der Waals surface area contributed by atoms with Crippen molar-refractivity contribution >= 4 is 11.6 Å². The Balaban J connectivity index is 1.95. The van der Waals surface area contributed by atoms with Gasteiger partial charge in [-0.3, -0.25) is 0 Å². The molecule has 1 aromatic heterocycles. The Kier molecular flexibility index (Phi) is 3.04. The van der Waals surface area contributed by atoms with Gasteiger partial charge in [-0.05, 0) is 43.0 Å². The molecule has 0 N–H and O–H groups in total. The molecular weight excluding hydrogens is 248 g/mol. The van der Waals surface area contributed by atoms with Gasteiger partial charge in [0.05, 0.1) is 18.2 Å². The van der Waals surface area contributed by atoms with Crippen molar-refractivity contribution in [2.24, 2.45) is 0 Å². The third-order valence-corrected chi connectivity index (χ3v) is 3.88. The molecule has 2 aromatic rings. The summed E-state index contributed by atoms with van der Waals surface area (Å²) in [5, 5.41) is -0.157. The maximum absolute atomic E-state index is 6.52. The van der Waals surface area contributed by atoms with E-state index in [0.29, 0.717) is 0 Å². The SMILES string of the molecule is Cc1occc1C(Cl)c1ccc2c(c1)CCCO2. The zero-order chi connectivity index (χ0) is 12.5.